The first-order valence-corrected chi connectivity index (χ1v) is 8.33. The van der Waals surface area contributed by atoms with Crippen LogP contribution in [0.15, 0.2) is 29.3 Å². The Kier molecular flexibility index (Phi) is 4.19. The van der Waals surface area contributed by atoms with Crippen LogP contribution in [0.5, 0.6) is 0 Å². The molecule has 0 radical (unpaired) electrons. The largest absolute Gasteiger partial charge is 0.348 e. The highest BCUT2D eigenvalue weighted by molar-refractivity contribution is 8.14. The highest BCUT2D eigenvalue weighted by atomic mass is 32.2. The van der Waals surface area contributed by atoms with Gasteiger partial charge < -0.3 is 9.80 Å². The van der Waals surface area contributed by atoms with Crippen LogP contribution < -0.4 is 0 Å². The van der Waals surface area contributed by atoms with Crippen LogP contribution in [0.2, 0.25) is 0 Å². The average molecular weight is 303 g/mol. The van der Waals surface area contributed by atoms with Crippen LogP contribution in [0.3, 0.4) is 0 Å². The zero-order valence-corrected chi connectivity index (χ0v) is 13.4. The van der Waals surface area contributed by atoms with Crippen molar-refractivity contribution in [1.82, 2.24) is 9.80 Å². The van der Waals surface area contributed by atoms with E-state index in [0.717, 1.165) is 43.5 Å². The second kappa shape index (κ2) is 6.10. The van der Waals surface area contributed by atoms with Crippen LogP contribution in [-0.4, -0.2) is 58.8 Å². The normalized spacial score (nSPS) is 22.4. The lowest BCUT2D eigenvalue weighted by molar-refractivity contribution is 0.0693. The lowest BCUT2D eigenvalue weighted by Gasteiger charge is -2.35. The first-order chi connectivity index (χ1) is 10.1. The number of carbonyl (C=O) groups is 1. The number of amidine groups is 1. The van der Waals surface area contributed by atoms with Crippen molar-refractivity contribution in [1.29, 1.82) is 0 Å². The predicted octanol–water partition coefficient (Wildman–Crippen LogP) is 2.24. The zero-order chi connectivity index (χ0) is 14.8. The molecule has 2 heterocycles. The van der Waals surface area contributed by atoms with E-state index in [-0.39, 0.29) is 5.91 Å². The van der Waals surface area contributed by atoms with E-state index in [0.29, 0.717) is 5.25 Å². The summed E-state index contributed by atoms with van der Waals surface area (Å²) in [7, 11) is 0. The minimum absolute atomic E-state index is 0.143. The SMILES string of the molecule is Cc1ccc(C(=O)N2CCN(C3=NC[C@H](C)S3)CC2)cc1. The molecule has 0 unspecified atom stereocenters. The molecule has 1 aromatic carbocycles. The number of carbonyl (C=O) groups excluding carboxylic acids is 1. The van der Waals surface area contributed by atoms with Crippen molar-refractivity contribution < 1.29 is 4.79 Å². The summed E-state index contributed by atoms with van der Waals surface area (Å²) in [6, 6.07) is 7.83. The third kappa shape index (κ3) is 3.23. The van der Waals surface area contributed by atoms with Gasteiger partial charge in [-0.2, -0.15) is 0 Å². The van der Waals surface area contributed by atoms with Crippen LogP contribution in [0.25, 0.3) is 0 Å². The van der Waals surface area contributed by atoms with Crippen molar-refractivity contribution in [3.63, 3.8) is 0 Å². The van der Waals surface area contributed by atoms with Gasteiger partial charge in [0.1, 0.15) is 0 Å². The minimum Gasteiger partial charge on any atom is -0.348 e. The van der Waals surface area contributed by atoms with Crippen molar-refractivity contribution in [3.05, 3.63) is 35.4 Å². The number of thioether (sulfide) groups is 1. The Balaban J connectivity index is 1.58. The van der Waals surface area contributed by atoms with Gasteiger partial charge in [-0.3, -0.25) is 9.79 Å². The number of hydrogen-bond donors (Lipinski definition) is 0. The van der Waals surface area contributed by atoms with Gasteiger partial charge >= 0.3 is 0 Å². The molecule has 1 saturated heterocycles. The highest BCUT2D eigenvalue weighted by Crippen LogP contribution is 2.23. The molecule has 4 nitrogen and oxygen atoms in total. The summed E-state index contributed by atoms with van der Waals surface area (Å²) >= 11 is 1.85. The van der Waals surface area contributed by atoms with Crippen LogP contribution in [0.1, 0.15) is 22.8 Å². The van der Waals surface area contributed by atoms with Gasteiger partial charge in [0.25, 0.3) is 5.91 Å². The van der Waals surface area contributed by atoms with Crippen molar-refractivity contribution in [2.24, 2.45) is 4.99 Å². The van der Waals surface area contributed by atoms with E-state index in [1.165, 1.54) is 5.56 Å². The van der Waals surface area contributed by atoms with Gasteiger partial charge in [-0.15, -0.1) is 0 Å². The summed E-state index contributed by atoms with van der Waals surface area (Å²) in [6.07, 6.45) is 0. The molecule has 1 atom stereocenters. The van der Waals surface area contributed by atoms with Crippen molar-refractivity contribution in [2.75, 3.05) is 32.7 Å². The van der Waals surface area contributed by atoms with Crippen LogP contribution >= 0.6 is 11.8 Å². The molecule has 1 amide bonds. The Bertz CT molecular complexity index is 547. The number of amides is 1. The first kappa shape index (κ1) is 14.4. The predicted molar refractivity (Wildman–Crippen MR) is 88.0 cm³/mol. The highest BCUT2D eigenvalue weighted by Gasteiger charge is 2.26. The van der Waals surface area contributed by atoms with E-state index in [1.54, 1.807) is 0 Å². The standard InChI is InChI=1S/C16H21N3OS/c1-12-3-5-14(6-4-12)15(20)18-7-9-19(10-8-18)16-17-11-13(2)21-16/h3-6,13H,7-11H2,1-2H3/t13-/m0/s1. The summed E-state index contributed by atoms with van der Waals surface area (Å²) in [4.78, 5) is 21.3. The van der Waals surface area contributed by atoms with Crippen LogP contribution in [0, 0.1) is 6.92 Å². The van der Waals surface area contributed by atoms with E-state index < -0.39 is 0 Å². The fraction of sp³-hybridized carbons (Fsp3) is 0.500. The van der Waals surface area contributed by atoms with Gasteiger partial charge in [-0.05, 0) is 19.1 Å². The second-order valence-electron chi connectivity index (χ2n) is 5.70. The Morgan fingerprint density at radius 2 is 1.86 bits per heavy atom. The van der Waals surface area contributed by atoms with Gasteiger partial charge in [-0.25, -0.2) is 0 Å². The molecular formula is C16H21N3OS. The molecule has 2 aliphatic rings. The van der Waals surface area contributed by atoms with E-state index in [2.05, 4.69) is 16.8 Å². The Labute approximate surface area is 130 Å². The molecule has 0 N–H and O–H groups in total. The van der Waals surface area contributed by atoms with E-state index >= 15 is 0 Å². The van der Waals surface area contributed by atoms with Gasteiger partial charge in [0.05, 0.1) is 6.54 Å². The summed E-state index contributed by atoms with van der Waals surface area (Å²) in [6.45, 7) is 8.49. The fourth-order valence-corrected chi connectivity index (χ4v) is 3.60. The van der Waals surface area contributed by atoms with E-state index in [9.17, 15) is 4.79 Å². The molecule has 0 bridgehead atoms. The fourth-order valence-electron chi connectivity index (χ4n) is 2.62. The smallest absolute Gasteiger partial charge is 0.253 e. The quantitative estimate of drug-likeness (QED) is 0.798. The second-order valence-corrected chi connectivity index (χ2v) is 7.10. The molecule has 0 saturated carbocycles. The third-order valence-corrected chi connectivity index (χ3v) is 5.08. The lowest BCUT2D eigenvalue weighted by Crippen LogP contribution is -2.49. The molecule has 0 aromatic heterocycles. The monoisotopic (exact) mass is 303 g/mol. The number of aryl methyl sites for hydroxylation is 1. The van der Waals surface area contributed by atoms with Crippen LogP contribution in [-0.2, 0) is 0 Å². The molecule has 112 valence electrons. The Morgan fingerprint density at radius 1 is 1.19 bits per heavy atom. The number of rotatable bonds is 1. The topological polar surface area (TPSA) is 35.9 Å². The number of nitrogens with zero attached hydrogens (tertiary/aromatic N) is 3. The number of hydrogen-bond acceptors (Lipinski definition) is 4. The van der Waals surface area contributed by atoms with E-state index in [4.69, 9.17) is 0 Å². The molecule has 0 aliphatic carbocycles. The summed E-state index contributed by atoms with van der Waals surface area (Å²) in [5.41, 5.74) is 1.97. The number of benzene rings is 1. The molecule has 5 heteroatoms. The average Bonchev–Trinajstić information content (AvgIpc) is 2.94. The molecule has 21 heavy (non-hydrogen) atoms. The molecule has 1 aromatic rings. The lowest BCUT2D eigenvalue weighted by atomic mass is 10.1. The molecule has 0 spiro atoms. The summed E-state index contributed by atoms with van der Waals surface area (Å²) in [5.74, 6) is 0.143. The van der Waals surface area contributed by atoms with E-state index in [1.807, 2.05) is 47.9 Å². The summed E-state index contributed by atoms with van der Waals surface area (Å²) in [5, 5.41) is 1.75. The van der Waals surface area contributed by atoms with Crippen molar-refractivity contribution in [3.8, 4) is 0 Å². The van der Waals surface area contributed by atoms with Crippen LogP contribution in [0.4, 0.5) is 0 Å². The van der Waals surface area contributed by atoms with Crippen molar-refractivity contribution >= 4 is 22.8 Å². The Hall–Kier alpha value is -1.49. The summed E-state index contributed by atoms with van der Waals surface area (Å²) < 4.78 is 0. The van der Waals surface area contributed by atoms with Gasteiger partial charge in [0.2, 0.25) is 0 Å². The van der Waals surface area contributed by atoms with Gasteiger partial charge in [0.15, 0.2) is 5.17 Å². The molecule has 3 rings (SSSR count). The number of piperazine rings is 1. The maximum Gasteiger partial charge on any atom is 0.253 e. The Morgan fingerprint density at radius 3 is 2.43 bits per heavy atom. The molecule has 2 aliphatic heterocycles. The molecule has 1 fully saturated rings. The maximum absolute atomic E-state index is 12.5. The zero-order valence-electron chi connectivity index (χ0n) is 12.6. The third-order valence-electron chi connectivity index (χ3n) is 3.93. The van der Waals surface area contributed by atoms with Gasteiger partial charge in [-0.1, -0.05) is 36.4 Å². The van der Waals surface area contributed by atoms with Crippen molar-refractivity contribution in [2.45, 2.75) is 19.1 Å². The number of aliphatic imine (C=N–C) groups is 1. The maximum atomic E-state index is 12.5. The minimum atomic E-state index is 0.143. The first-order valence-electron chi connectivity index (χ1n) is 7.45. The molecular weight excluding hydrogens is 282 g/mol. The van der Waals surface area contributed by atoms with Gasteiger partial charge in [0, 0.05) is 37.0 Å².